The molecule has 0 aromatic rings. The van der Waals surface area contributed by atoms with Crippen LogP contribution < -0.4 is 5.48 Å². The lowest BCUT2D eigenvalue weighted by Crippen LogP contribution is -2.35. The number of nitrogens with zero attached hydrogens (tertiary/aromatic N) is 1. The highest BCUT2D eigenvalue weighted by Gasteiger charge is 2.30. The van der Waals surface area contributed by atoms with Crippen LogP contribution in [0.25, 0.3) is 0 Å². The number of carbonyl (C=O) groups excluding carboxylic acids is 1. The molecule has 1 rings (SSSR count). The molecule has 15 heavy (non-hydrogen) atoms. The normalized spacial score (nSPS) is 20.5. The summed E-state index contributed by atoms with van der Waals surface area (Å²) in [6.45, 7) is 1.34. The van der Waals surface area contributed by atoms with E-state index in [-0.39, 0.29) is 11.6 Å². The first-order chi connectivity index (χ1) is 7.13. The molecule has 2 N–H and O–H groups in total. The van der Waals surface area contributed by atoms with E-state index in [4.69, 9.17) is 11.6 Å². The molecule has 0 atom stereocenters. The van der Waals surface area contributed by atoms with Gasteiger partial charge < -0.3 is 0 Å². The van der Waals surface area contributed by atoms with Crippen LogP contribution >= 0.6 is 0 Å². The van der Waals surface area contributed by atoms with Crippen molar-refractivity contribution >= 4 is 11.6 Å². The molecule has 1 aliphatic rings. The third kappa shape index (κ3) is 2.80. The second-order valence-corrected chi connectivity index (χ2v) is 3.86. The van der Waals surface area contributed by atoms with E-state index in [1.807, 2.05) is 5.48 Å². The Morgan fingerprint density at radius 3 is 2.47 bits per heavy atom. The Morgan fingerprint density at radius 2 is 2.07 bits per heavy atom. The Hall–Kier alpha value is -1.34. The molecule has 0 unspecified atom stereocenters. The summed E-state index contributed by atoms with van der Waals surface area (Å²) in [5.41, 5.74) is 1.21. The first kappa shape index (κ1) is 11.7. The van der Waals surface area contributed by atoms with Crippen LogP contribution in [0.3, 0.4) is 0 Å². The van der Waals surface area contributed by atoms with E-state index in [1.165, 1.54) is 6.92 Å². The molecule has 0 amide bonds. The summed E-state index contributed by atoms with van der Waals surface area (Å²) in [5.74, 6) is 2.29. The smallest absolute Gasteiger partial charge is 0.196 e. The minimum absolute atomic E-state index is 0.0464. The second-order valence-electron chi connectivity index (χ2n) is 3.86. The number of terminal acetylenes is 1. The number of hydroxylamine groups is 1. The third-order valence-corrected chi connectivity index (χ3v) is 2.71. The van der Waals surface area contributed by atoms with Gasteiger partial charge >= 0.3 is 0 Å². The molecule has 4 heteroatoms. The molecule has 0 aromatic carbocycles. The Morgan fingerprint density at radius 1 is 1.47 bits per heavy atom. The molecule has 82 valence electrons. The number of Topliss-reactive ketones (excluding diaryl/α,β-unsaturated/α-hetero) is 1. The number of hydrogen-bond acceptors (Lipinski definition) is 3. The number of rotatable bonds is 2. The van der Waals surface area contributed by atoms with Crippen molar-refractivity contribution in [2.45, 2.75) is 44.6 Å². The maximum absolute atomic E-state index is 11.1. The Labute approximate surface area is 89.7 Å². The molecule has 0 bridgehead atoms. The first-order valence-corrected chi connectivity index (χ1v) is 5.12. The lowest BCUT2D eigenvalue weighted by molar-refractivity contribution is -0.111. The topological polar surface area (TPSA) is 61.7 Å². The average Bonchev–Trinajstić information content (AvgIpc) is 2.27. The zero-order valence-corrected chi connectivity index (χ0v) is 8.92. The molecule has 0 saturated heterocycles. The van der Waals surface area contributed by atoms with E-state index in [9.17, 15) is 4.79 Å². The van der Waals surface area contributed by atoms with Gasteiger partial charge in [-0.25, -0.2) is 10.5 Å². The van der Waals surface area contributed by atoms with Gasteiger partial charge in [-0.1, -0.05) is 25.2 Å². The molecule has 0 aromatic heterocycles. The van der Waals surface area contributed by atoms with Crippen molar-refractivity contribution in [2.24, 2.45) is 4.99 Å². The number of ketones is 1. The van der Waals surface area contributed by atoms with Crippen molar-refractivity contribution in [2.75, 3.05) is 0 Å². The van der Waals surface area contributed by atoms with E-state index in [0.717, 1.165) is 32.1 Å². The van der Waals surface area contributed by atoms with E-state index in [1.54, 1.807) is 0 Å². The highest BCUT2D eigenvalue weighted by molar-refractivity contribution is 6.37. The summed E-state index contributed by atoms with van der Waals surface area (Å²) >= 11 is 0. The van der Waals surface area contributed by atoms with Gasteiger partial charge in [-0.2, -0.15) is 0 Å². The minimum atomic E-state index is -0.602. The Balaban J connectivity index is 2.91. The van der Waals surface area contributed by atoms with Gasteiger partial charge in [0.1, 0.15) is 5.54 Å². The van der Waals surface area contributed by atoms with Crippen LogP contribution in [0.15, 0.2) is 4.99 Å². The monoisotopic (exact) mass is 208 g/mol. The number of amidine groups is 1. The van der Waals surface area contributed by atoms with Gasteiger partial charge in [-0.15, -0.1) is 6.42 Å². The number of hydrogen-bond donors (Lipinski definition) is 2. The van der Waals surface area contributed by atoms with Crippen molar-refractivity contribution in [3.63, 3.8) is 0 Å². The lowest BCUT2D eigenvalue weighted by atomic mass is 9.83. The van der Waals surface area contributed by atoms with Crippen molar-refractivity contribution in [3.05, 3.63) is 0 Å². The van der Waals surface area contributed by atoms with Gasteiger partial charge in [0.25, 0.3) is 0 Å². The van der Waals surface area contributed by atoms with Crippen LogP contribution in [0.5, 0.6) is 0 Å². The predicted octanol–water partition coefficient (Wildman–Crippen LogP) is 1.29. The molecular weight excluding hydrogens is 192 g/mol. The van der Waals surface area contributed by atoms with Gasteiger partial charge in [0.05, 0.1) is 0 Å². The second kappa shape index (κ2) is 4.94. The molecule has 0 spiro atoms. The van der Waals surface area contributed by atoms with Gasteiger partial charge in [0.15, 0.2) is 11.6 Å². The maximum atomic E-state index is 11.1. The van der Waals surface area contributed by atoms with E-state index < -0.39 is 5.54 Å². The summed E-state index contributed by atoms with van der Waals surface area (Å²) in [7, 11) is 0. The molecule has 0 radical (unpaired) electrons. The van der Waals surface area contributed by atoms with Crippen molar-refractivity contribution in [1.29, 1.82) is 0 Å². The SMILES string of the molecule is C#CC1(N=C(NO)C(C)=O)CCCCC1. The minimum Gasteiger partial charge on any atom is -0.291 e. The fraction of sp³-hybridized carbons (Fsp3) is 0.636. The summed E-state index contributed by atoms with van der Waals surface area (Å²) in [4.78, 5) is 15.3. The number of aliphatic imine (C=N–C) groups is 1. The third-order valence-electron chi connectivity index (χ3n) is 2.71. The van der Waals surface area contributed by atoms with Gasteiger partial charge in [0.2, 0.25) is 0 Å². The van der Waals surface area contributed by atoms with Crippen molar-refractivity contribution in [1.82, 2.24) is 5.48 Å². The molecule has 4 nitrogen and oxygen atoms in total. The summed E-state index contributed by atoms with van der Waals surface area (Å²) in [6.07, 6.45) is 10.2. The molecular formula is C11H16N2O2. The molecule has 1 fully saturated rings. The van der Waals surface area contributed by atoms with E-state index in [2.05, 4.69) is 10.9 Å². The molecule has 1 aliphatic carbocycles. The fourth-order valence-electron chi connectivity index (χ4n) is 1.82. The van der Waals surface area contributed by atoms with Crippen LogP contribution in [0.2, 0.25) is 0 Å². The van der Waals surface area contributed by atoms with Gasteiger partial charge in [-0.05, 0) is 12.8 Å². The molecule has 0 aliphatic heterocycles. The Bertz CT molecular complexity index is 309. The summed E-state index contributed by atoms with van der Waals surface area (Å²) < 4.78 is 0. The average molecular weight is 208 g/mol. The number of carbonyl (C=O) groups is 1. The predicted molar refractivity (Wildman–Crippen MR) is 57.7 cm³/mol. The van der Waals surface area contributed by atoms with Crippen LogP contribution in [0, 0.1) is 12.3 Å². The fourth-order valence-corrected chi connectivity index (χ4v) is 1.82. The summed E-state index contributed by atoms with van der Waals surface area (Å²) in [6, 6.07) is 0. The van der Waals surface area contributed by atoms with Crippen LogP contribution in [-0.4, -0.2) is 22.4 Å². The quantitative estimate of drug-likeness (QED) is 0.311. The molecule has 0 heterocycles. The molecule has 1 saturated carbocycles. The Kier molecular flexibility index (Phi) is 3.87. The van der Waals surface area contributed by atoms with Crippen molar-refractivity contribution in [3.8, 4) is 12.3 Å². The first-order valence-electron chi connectivity index (χ1n) is 5.12. The van der Waals surface area contributed by atoms with Gasteiger partial charge in [-0.3, -0.25) is 10.0 Å². The van der Waals surface area contributed by atoms with Gasteiger partial charge in [0, 0.05) is 6.92 Å². The zero-order chi connectivity index (χ0) is 11.3. The highest BCUT2D eigenvalue weighted by atomic mass is 16.5. The number of nitrogens with one attached hydrogen (secondary N) is 1. The van der Waals surface area contributed by atoms with Crippen molar-refractivity contribution < 1.29 is 10.0 Å². The standard InChI is InChI=1S/C11H16N2O2/c1-3-11(7-5-4-6-8-11)12-10(13-15)9(2)14/h1,15H,4-8H2,2H3,(H,12,13). The zero-order valence-electron chi connectivity index (χ0n) is 8.92. The van der Waals surface area contributed by atoms with Crippen LogP contribution in [-0.2, 0) is 4.79 Å². The largest absolute Gasteiger partial charge is 0.291 e. The summed E-state index contributed by atoms with van der Waals surface area (Å²) in [5, 5.41) is 8.77. The highest BCUT2D eigenvalue weighted by Crippen LogP contribution is 2.31. The van der Waals surface area contributed by atoms with E-state index in [0.29, 0.717) is 0 Å². The van der Waals surface area contributed by atoms with Crippen LogP contribution in [0.1, 0.15) is 39.0 Å². The van der Waals surface area contributed by atoms with E-state index >= 15 is 0 Å². The maximum Gasteiger partial charge on any atom is 0.196 e. The lowest BCUT2D eigenvalue weighted by Gasteiger charge is -2.28. The van der Waals surface area contributed by atoms with Crippen LogP contribution in [0.4, 0.5) is 0 Å².